The summed E-state index contributed by atoms with van der Waals surface area (Å²) in [7, 11) is 1.70. The predicted octanol–water partition coefficient (Wildman–Crippen LogP) is 2.90. The van der Waals surface area contributed by atoms with E-state index in [9.17, 15) is 34.3 Å². The number of ketones is 1. The SMILES string of the molecule is CC(=O)Nc1c(O)c2c(=O)c(C)c3c(c2c2nc4c(OC(C)=O)cc(N5CC[N+](C)(O)CC5)cc4oc12)C(=O)C(C)(OC(C)=O)O3. The minimum absolute atomic E-state index is 0.00166. The molecule has 1 saturated heterocycles. The van der Waals surface area contributed by atoms with Crippen LogP contribution in [-0.4, -0.2) is 82.6 Å². The molecule has 4 aromatic rings. The number of rotatable bonds is 4. The molecule has 3 heterocycles. The lowest BCUT2D eigenvalue weighted by molar-refractivity contribution is -1.09. The average molecular weight is 636 g/mol. The van der Waals surface area contributed by atoms with Crippen molar-refractivity contribution in [2.24, 2.45) is 0 Å². The third kappa shape index (κ3) is 4.84. The summed E-state index contributed by atoms with van der Waals surface area (Å²) in [4.78, 5) is 70.7. The van der Waals surface area contributed by atoms with Gasteiger partial charge in [-0.15, -0.1) is 0 Å². The minimum Gasteiger partial charge on any atom is -0.505 e. The number of piperazine rings is 1. The molecule has 1 unspecified atom stereocenters. The second kappa shape index (κ2) is 10.4. The second-order valence-electron chi connectivity index (χ2n) is 11.8. The molecular formula is C31H31N4O11+. The number of hydroxylamine groups is 3. The third-order valence-electron chi connectivity index (χ3n) is 8.15. The zero-order valence-electron chi connectivity index (χ0n) is 25.9. The molecule has 240 valence electrons. The first-order valence-corrected chi connectivity index (χ1v) is 14.4. The fraction of sp³-hybridized carbons (Fsp3) is 0.355. The summed E-state index contributed by atoms with van der Waals surface area (Å²) in [5.74, 6) is -5.88. The molecule has 3 aromatic carbocycles. The fourth-order valence-corrected chi connectivity index (χ4v) is 5.96. The van der Waals surface area contributed by atoms with E-state index in [1.807, 2.05) is 4.90 Å². The summed E-state index contributed by atoms with van der Waals surface area (Å²) in [5.41, 5.74) is -0.922. The lowest BCUT2D eigenvalue weighted by Gasteiger charge is -2.37. The molecule has 1 amide bonds. The van der Waals surface area contributed by atoms with Crippen molar-refractivity contribution in [3.05, 3.63) is 33.5 Å². The smallest absolute Gasteiger partial charge is 0.315 e. The Morgan fingerprint density at radius 1 is 1.07 bits per heavy atom. The molecule has 0 bridgehead atoms. The number of aromatic hydroxyl groups is 1. The number of phenolic OH excluding ortho intramolecular Hbond substituents is 1. The van der Waals surface area contributed by atoms with Crippen LogP contribution >= 0.6 is 0 Å². The van der Waals surface area contributed by atoms with E-state index < -0.39 is 40.6 Å². The van der Waals surface area contributed by atoms with E-state index in [-0.39, 0.29) is 65.9 Å². The number of phenols is 1. The van der Waals surface area contributed by atoms with Crippen LogP contribution in [-0.2, 0) is 19.1 Å². The highest BCUT2D eigenvalue weighted by Crippen LogP contribution is 2.48. The predicted molar refractivity (Wildman–Crippen MR) is 162 cm³/mol. The maximum absolute atomic E-state index is 13.9. The Hall–Kier alpha value is -5.28. The van der Waals surface area contributed by atoms with Crippen LogP contribution in [0.4, 0.5) is 11.4 Å². The first kappa shape index (κ1) is 30.7. The van der Waals surface area contributed by atoms with Crippen LogP contribution in [0.5, 0.6) is 17.2 Å². The Balaban J connectivity index is 1.73. The number of quaternary nitrogens is 1. The van der Waals surface area contributed by atoms with E-state index in [1.165, 1.54) is 27.7 Å². The van der Waals surface area contributed by atoms with Gasteiger partial charge < -0.3 is 34.0 Å². The number of ether oxygens (including phenoxy) is 3. The van der Waals surface area contributed by atoms with Gasteiger partial charge in [-0.05, 0) is 6.92 Å². The van der Waals surface area contributed by atoms with Gasteiger partial charge in [0.15, 0.2) is 28.1 Å². The maximum Gasteiger partial charge on any atom is 0.315 e. The largest absolute Gasteiger partial charge is 0.505 e. The van der Waals surface area contributed by atoms with Gasteiger partial charge >= 0.3 is 17.7 Å². The molecule has 0 saturated carbocycles. The molecule has 46 heavy (non-hydrogen) atoms. The van der Waals surface area contributed by atoms with Gasteiger partial charge in [0.1, 0.15) is 35.6 Å². The summed E-state index contributed by atoms with van der Waals surface area (Å²) in [6, 6.07) is 3.22. The van der Waals surface area contributed by atoms with Crippen molar-refractivity contribution in [1.82, 2.24) is 4.98 Å². The lowest BCUT2D eigenvalue weighted by atomic mass is 9.93. The van der Waals surface area contributed by atoms with Crippen LogP contribution in [0.3, 0.4) is 0 Å². The number of nitrogens with zero attached hydrogens (tertiary/aromatic N) is 3. The fourth-order valence-electron chi connectivity index (χ4n) is 5.96. The zero-order chi connectivity index (χ0) is 33.5. The van der Waals surface area contributed by atoms with Gasteiger partial charge in [0, 0.05) is 56.5 Å². The van der Waals surface area contributed by atoms with Crippen molar-refractivity contribution in [2.45, 2.75) is 40.4 Å². The van der Waals surface area contributed by atoms with Crippen molar-refractivity contribution in [3.8, 4) is 17.2 Å². The van der Waals surface area contributed by atoms with Gasteiger partial charge in [-0.3, -0.25) is 24.0 Å². The molecule has 2 aliphatic rings. The van der Waals surface area contributed by atoms with Crippen molar-refractivity contribution in [3.63, 3.8) is 0 Å². The van der Waals surface area contributed by atoms with Crippen molar-refractivity contribution in [1.29, 1.82) is 0 Å². The van der Waals surface area contributed by atoms with Gasteiger partial charge in [-0.2, -0.15) is 4.65 Å². The summed E-state index contributed by atoms with van der Waals surface area (Å²) in [6.45, 7) is 7.87. The number of hydrogen-bond acceptors (Lipinski definition) is 13. The van der Waals surface area contributed by atoms with Gasteiger partial charge in [-0.25, -0.2) is 10.2 Å². The number of amides is 1. The number of carbonyl (C=O) groups excluding carboxylic acids is 4. The Kier molecular flexibility index (Phi) is 6.94. The lowest BCUT2D eigenvalue weighted by Crippen LogP contribution is -2.55. The Morgan fingerprint density at radius 2 is 1.74 bits per heavy atom. The summed E-state index contributed by atoms with van der Waals surface area (Å²) < 4.78 is 22.7. The highest BCUT2D eigenvalue weighted by atomic mass is 16.7. The molecule has 0 aliphatic carbocycles. The highest BCUT2D eigenvalue weighted by molar-refractivity contribution is 6.26. The molecule has 1 atom stereocenters. The van der Waals surface area contributed by atoms with Crippen LogP contribution < -0.4 is 25.1 Å². The van der Waals surface area contributed by atoms with Gasteiger partial charge in [0.05, 0.1) is 31.1 Å². The van der Waals surface area contributed by atoms with E-state index in [0.29, 0.717) is 31.9 Å². The topological polar surface area (TPSA) is 195 Å². The molecule has 6 rings (SSSR count). The molecule has 15 heteroatoms. The average Bonchev–Trinajstić information content (AvgIpc) is 3.21. The highest BCUT2D eigenvalue weighted by Gasteiger charge is 2.50. The van der Waals surface area contributed by atoms with Crippen molar-refractivity contribution < 1.29 is 52.8 Å². The normalized spacial score (nSPS) is 18.8. The van der Waals surface area contributed by atoms with Crippen LogP contribution in [0.25, 0.3) is 33.0 Å². The van der Waals surface area contributed by atoms with E-state index in [0.717, 1.165) is 6.92 Å². The van der Waals surface area contributed by atoms with Crippen LogP contribution in [0.2, 0.25) is 0 Å². The molecule has 15 nitrogen and oxygen atoms in total. The van der Waals surface area contributed by atoms with Gasteiger partial charge in [-0.1, -0.05) is 0 Å². The zero-order valence-corrected chi connectivity index (χ0v) is 25.9. The summed E-state index contributed by atoms with van der Waals surface area (Å²) in [6.07, 6.45) is 0. The van der Waals surface area contributed by atoms with Gasteiger partial charge in [0.25, 0.3) is 5.78 Å². The monoisotopic (exact) mass is 635 g/mol. The van der Waals surface area contributed by atoms with Crippen LogP contribution in [0, 0.1) is 6.92 Å². The third-order valence-corrected chi connectivity index (χ3v) is 8.15. The molecule has 1 aromatic heterocycles. The summed E-state index contributed by atoms with van der Waals surface area (Å²) in [5, 5.41) is 23.9. The number of likely N-dealkylation sites (N-methyl/N-ethyl adjacent to an activating group) is 1. The van der Waals surface area contributed by atoms with E-state index >= 15 is 0 Å². The first-order valence-electron chi connectivity index (χ1n) is 14.4. The van der Waals surface area contributed by atoms with Crippen LogP contribution in [0.1, 0.15) is 43.6 Å². The number of anilines is 2. The second-order valence-corrected chi connectivity index (χ2v) is 11.8. The number of benzene rings is 3. The van der Waals surface area contributed by atoms with E-state index in [4.69, 9.17) is 23.6 Å². The Labute approximate surface area is 260 Å². The van der Waals surface area contributed by atoms with Crippen molar-refractivity contribution >= 4 is 68.0 Å². The van der Waals surface area contributed by atoms with E-state index in [1.54, 1.807) is 19.2 Å². The number of fused-ring (bicyclic) bond motifs is 6. The minimum atomic E-state index is -2.12. The molecule has 0 radical (unpaired) electrons. The number of nitrogens with one attached hydrogen (secondary N) is 1. The first-order chi connectivity index (χ1) is 21.5. The summed E-state index contributed by atoms with van der Waals surface area (Å²) >= 11 is 0. The molecule has 2 aliphatic heterocycles. The molecule has 1 fully saturated rings. The van der Waals surface area contributed by atoms with Crippen LogP contribution in [0.15, 0.2) is 21.3 Å². The number of hydrogen-bond donors (Lipinski definition) is 3. The Bertz CT molecular complexity index is 2110. The molecule has 0 spiro atoms. The molecular weight excluding hydrogens is 604 g/mol. The number of aromatic nitrogens is 1. The standard InChI is InChI=1S/C31H30N4O11/c1-13-26(39)21-20(22-28(13)46-31(5,30(22)41)45-16(4)38)24-29(25(27(21)40)32-14(2)36)44-19-12-17(34-7-9-35(6,42)10-8-34)11-18(23(19)33-24)43-15(3)37/h11-12,42H,7-10H2,1-6H3,(H-,32,33,36,39,40,41)/p+1. The number of Topliss-reactive ketones (excluding diaryl/α,β-unsaturated/α-hetero) is 1. The molecule has 3 N–H and O–H groups in total. The quantitative estimate of drug-likeness (QED) is 0.0740. The maximum atomic E-state index is 13.9. The van der Waals surface area contributed by atoms with Gasteiger partial charge in [0.2, 0.25) is 5.91 Å². The number of esters is 2. The van der Waals surface area contributed by atoms with Crippen molar-refractivity contribution in [2.75, 3.05) is 43.4 Å². The number of carbonyl (C=O) groups is 4. The Morgan fingerprint density at radius 3 is 2.35 bits per heavy atom. The van der Waals surface area contributed by atoms with E-state index in [2.05, 4.69) is 5.32 Å².